The number of halogens is 1. The van der Waals surface area contributed by atoms with Gasteiger partial charge in [0.1, 0.15) is 17.7 Å². The van der Waals surface area contributed by atoms with Gasteiger partial charge in [0, 0.05) is 6.07 Å². The average Bonchev–Trinajstić information content (AvgIpc) is 2.50. The number of aliphatic hydroxyl groups is 1. The van der Waals surface area contributed by atoms with Gasteiger partial charge in [-0.1, -0.05) is 32.8 Å². The lowest BCUT2D eigenvalue weighted by atomic mass is 9.87. The lowest BCUT2D eigenvalue weighted by Crippen LogP contribution is -2.59. The predicted octanol–water partition coefficient (Wildman–Crippen LogP) is 1.96. The molecule has 1 aromatic rings. The molecule has 2 atom stereocenters. The highest BCUT2D eigenvalue weighted by atomic mass is 19.1. The van der Waals surface area contributed by atoms with Gasteiger partial charge in [-0.2, -0.15) is 0 Å². The molecular weight excluding hydrogens is 289 g/mol. The number of nitrogens with two attached hydrogens (primary N) is 1. The van der Waals surface area contributed by atoms with E-state index >= 15 is 0 Å². The molecule has 0 spiro atoms. The highest BCUT2D eigenvalue weighted by Gasteiger charge is 2.44. The molecular formula is C16H22FNO4. The van der Waals surface area contributed by atoms with E-state index in [4.69, 9.17) is 10.5 Å². The largest absolute Gasteiger partial charge is 0.425 e. The molecule has 5 nitrogen and oxygen atoms in total. The van der Waals surface area contributed by atoms with Crippen LogP contribution in [-0.4, -0.2) is 28.5 Å². The number of carbonyl (C=O) groups excluding carboxylic acids is 2. The van der Waals surface area contributed by atoms with E-state index in [1.54, 1.807) is 6.92 Å². The molecule has 0 aromatic heterocycles. The van der Waals surface area contributed by atoms with Crippen molar-refractivity contribution in [3.63, 3.8) is 0 Å². The van der Waals surface area contributed by atoms with Crippen molar-refractivity contribution >= 4 is 11.8 Å². The summed E-state index contributed by atoms with van der Waals surface area (Å²) in [6.07, 6.45) is 0.350. The first-order valence-electron chi connectivity index (χ1n) is 7.34. The Kier molecular flexibility index (Phi) is 6.64. The standard InChI is InChI=1S/C16H22FNO4/c1-3-5-9-13(19)14(20)16(18,4-2)15(21)22-12-8-6-7-11(17)10-12/h6-8,10,13,19H,3-5,9,18H2,1-2H3. The zero-order valence-electron chi connectivity index (χ0n) is 12.8. The summed E-state index contributed by atoms with van der Waals surface area (Å²) in [5.74, 6) is -2.38. The minimum absolute atomic E-state index is 0.0246. The van der Waals surface area contributed by atoms with E-state index in [0.717, 1.165) is 12.5 Å². The Morgan fingerprint density at radius 1 is 1.41 bits per heavy atom. The van der Waals surface area contributed by atoms with Crippen molar-refractivity contribution in [2.75, 3.05) is 0 Å². The number of ether oxygens (including phenoxy) is 1. The number of unbranched alkanes of at least 4 members (excludes halogenated alkanes) is 1. The minimum atomic E-state index is -1.94. The molecule has 22 heavy (non-hydrogen) atoms. The van der Waals surface area contributed by atoms with Crippen LogP contribution in [0.1, 0.15) is 39.5 Å². The number of ketones is 1. The number of rotatable bonds is 8. The van der Waals surface area contributed by atoms with Crippen molar-refractivity contribution in [2.45, 2.75) is 51.2 Å². The smallest absolute Gasteiger partial charge is 0.339 e. The Hall–Kier alpha value is -1.79. The van der Waals surface area contributed by atoms with Gasteiger partial charge in [0.25, 0.3) is 0 Å². The molecule has 2 unspecified atom stereocenters. The summed E-state index contributed by atoms with van der Waals surface area (Å²) in [7, 11) is 0. The average molecular weight is 311 g/mol. The second-order valence-corrected chi connectivity index (χ2v) is 5.19. The van der Waals surface area contributed by atoms with Crippen molar-refractivity contribution in [3.05, 3.63) is 30.1 Å². The number of hydrogen-bond acceptors (Lipinski definition) is 5. The summed E-state index contributed by atoms with van der Waals surface area (Å²) in [6.45, 7) is 3.47. The summed E-state index contributed by atoms with van der Waals surface area (Å²) < 4.78 is 18.1. The first kappa shape index (κ1) is 18.3. The van der Waals surface area contributed by atoms with E-state index in [-0.39, 0.29) is 18.6 Å². The van der Waals surface area contributed by atoms with Gasteiger partial charge >= 0.3 is 5.97 Å². The maximum absolute atomic E-state index is 13.1. The quantitative estimate of drug-likeness (QED) is 0.435. The number of aliphatic hydroxyl groups excluding tert-OH is 1. The molecule has 0 fully saturated rings. The Labute approximate surface area is 129 Å². The van der Waals surface area contributed by atoms with Crippen LogP contribution < -0.4 is 10.5 Å². The van der Waals surface area contributed by atoms with Crippen molar-refractivity contribution in [2.24, 2.45) is 5.73 Å². The van der Waals surface area contributed by atoms with Gasteiger partial charge in [-0.3, -0.25) is 4.79 Å². The maximum atomic E-state index is 13.1. The zero-order valence-corrected chi connectivity index (χ0v) is 12.8. The van der Waals surface area contributed by atoms with Crippen LogP contribution in [0.4, 0.5) is 4.39 Å². The molecule has 3 N–H and O–H groups in total. The van der Waals surface area contributed by atoms with Gasteiger partial charge in [-0.05, 0) is 25.0 Å². The Bertz CT molecular complexity index is 535. The number of hydrogen-bond donors (Lipinski definition) is 2. The van der Waals surface area contributed by atoms with Crippen LogP contribution in [0.25, 0.3) is 0 Å². The number of carbonyl (C=O) groups is 2. The third-order valence-electron chi connectivity index (χ3n) is 3.50. The van der Waals surface area contributed by atoms with E-state index < -0.39 is 29.2 Å². The van der Waals surface area contributed by atoms with Crippen molar-refractivity contribution in [1.29, 1.82) is 0 Å². The molecule has 0 bridgehead atoms. The highest BCUT2D eigenvalue weighted by molar-refractivity contribution is 6.10. The van der Waals surface area contributed by atoms with E-state index in [0.29, 0.717) is 6.42 Å². The lowest BCUT2D eigenvalue weighted by Gasteiger charge is -2.26. The molecule has 0 saturated carbocycles. The van der Waals surface area contributed by atoms with Crippen LogP contribution in [0.2, 0.25) is 0 Å². The van der Waals surface area contributed by atoms with Gasteiger partial charge in [-0.25, -0.2) is 9.18 Å². The van der Waals surface area contributed by atoms with Gasteiger partial charge in [-0.15, -0.1) is 0 Å². The van der Waals surface area contributed by atoms with Crippen LogP contribution in [0.3, 0.4) is 0 Å². The van der Waals surface area contributed by atoms with Crippen LogP contribution >= 0.6 is 0 Å². The Morgan fingerprint density at radius 3 is 2.64 bits per heavy atom. The van der Waals surface area contributed by atoms with Crippen molar-refractivity contribution < 1.29 is 23.8 Å². The summed E-state index contributed by atoms with van der Waals surface area (Å²) in [5, 5.41) is 9.88. The summed E-state index contributed by atoms with van der Waals surface area (Å²) in [4.78, 5) is 24.4. The molecule has 1 rings (SSSR count). The maximum Gasteiger partial charge on any atom is 0.339 e. The first-order valence-corrected chi connectivity index (χ1v) is 7.34. The SMILES string of the molecule is CCCCC(O)C(=O)C(N)(CC)C(=O)Oc1cccc(F)c1. The number of benzene rings is 1. The van der Waals surface area contributed by atoms with Crippen LogP contribution in [0, 0.1) is 5.82 Å². The normalized spacial score (nSPS) is 15.0. The highest BCUT2D eigenvalue weighted by Crippen LogP contribution is 2.19. The van der Waals surface area contributed by atoms with Crippen molar-refractivity contribution in [1.82, 2.24) is 0 Å². The molecule has 6 heteroatoms. The van der Waals surface area contributed by atoms with E-state index in [1.807, 2.05) is 6.92 Å². The molecule has 0 radical (unpaired) electrons. The summed E-state index contributed by atoms with van der Waals surface area (Å²) in [6, 6.07) is 4.98. The second kappa shape index (κ2) is 8.00. The second-order valence-electron chi connectivity index (χ2n) is 5.19. The van der Waals surface area contributed by atoms with Gasteiger partial charge in [0.15, 0.2) is 11.3 Å². The third-order valence-corrected chi connectivity index (χ3v) is 3.50. The fourth-order valence-corrected chi connectivity index (χ4v) is 1.97. The van der Waals surface area contributed by atoms with Crippen molar-refractivity contribution in [3.8, 4) is 5.75 Å². The van der Waals surface area contributed by atoms with Gasteiger partial charge < -0.3 is 15.6 Å². The summed E-state index contributed by atoms with van der Waals surface area (Å²) in [5.41, 5.74) is 3.92. The molecule has 0 saturated heterocycles. The number of esters is 1. The number of Topliss-reactive ketones (excluding diaryl/α,β-unsaturated/α-hetero) is 1. The van der Waals surface area contributed by atoms with Crippen LogP contribution in [0.5, 0.6) is 5.75 Å². The predicted molar refractivity (Wildman–Crippen MR) is 79.8 cm³/mol. The van der Waals surface area contributed by atoms with E-state index in [9.17, 15) is 19.1 Å². The van der Waals surface area contributed by atoms with Gasteiger partial charge in [0.2, 0.25) is 0 Å². The molecule has 0 aliphatic heterocycles. The van der Waals surface area contributed by atoms with Crippen LogP contribution in [0.15, 0.2) is 24.3 Å². The molecule has 0 amide bonds. The fourth-order valence-electron chi connectivity index (χ4n) is 1.97. The Morgan fingerprint density at radius 2 is 2.09 bits per heavy atom. The topological polar surface area (TPSA) is 89.6 Å². The lowest BCUT2D eigenvalue weighted by molar-refractivity contribution is -0.149. The third kappa shape index (κ3) is 4.35. The van der Waals surface area contributed by atoms with E-state index in [1.165, 1.54) is 18.2 Å². The molecule has 0 heterocycles. The zero-order chi connectivity index (χ0) is 16.8. The Balaban J connectivity index is 2.87. The molecule has 1 aromatic carbocycles. The minimum Gasteiger partial charge on any atom is -0.425 e. The summed E-state index contributed by atoms with van der Waals surface area (Å²) >= 11 is 0. The molecule has 122 valence electrons. The molecule has 0 aliphatic rings. The fraction of sp³-hybridized carbons (Fsp3) is 0.500. The van der Waals surface area contributed by atoms with Crippen LogP contribution in [-0.2, 0) is 9.59 Å². The first-order chi connectivity index (χ1) is 10.3. The molecule has 0 aliphatic carbocycles. The van der Waals surface area contributed by atoms with Gasteiger partial charge in [0.05, 0.1) is 0 Å². The monoisotopic (exact) mass is 311 g/mol. The van der Waals surface area contributed by atoms with E-state index in [2.05, 4.69) is 0 Å².